The number of Topliss-reactive ketones (excluding diaryl/α,β-unsaturated/α-hetero) is 2. The quantitative estimate of drug-likeness (QED) is 0.233. The number of hydrogen-bond donors (Lipinski definition) is 4. The number of aliphatic carboxylic acids is 1. The maximum absolute atomic E-state index is 12.8. The van der Waals surface area contributed by atoms with Gasteiger partial charge in [-0.3, -0.25) is 28.8 Å². The number of carbonyl (C=O) groups excluding carboxylic acids is 5. The molecule has 0 radical (unpaired) electrons. The van der Waals surface area contributed by atoms with Crippen LogP contribution in [-0.2, 0) is 25.6 Å². The summed E-state index contributed by atoms with van der Waals surface area (Å²) in [5, 5.41) is 17.0. The highest BCUT2D eigenvalue weighted by Crippen LogP contribution is 2.21. The summed E-state index contributed by atoms with van der Waals surface area (Å²) in [6.45, 7) is 5.50. The van der Waals surface area contributed by atoms with Crippen LogP contribution in [0.3, 0.4) is 0 Å². The number of ether oxygens (including phenoxy) is 1. The van der Waals surface area contributed by atoms with Crippen molar-refractivity contribution in [2.45, 2.75) is 40.2 Å². The largest absolute Gasteiger partial charge is 0.496 e. The van der Waals surface area contributed by atoms with E-state index in [9.17, 15) is 24.0 Å². The molecule has 43 heavy (non-hydrogen) atoms. The average Bonchev–Trinajstić information content (AvgIpc) is 2.96. The SMILES string of the molecule is CC(=O)O.COc1ccc(C(C)=O)cc1CC(=O)NC(C(=O)NCC(=O)CNC(=O)c1cccc2ccccc12)C(C)C. The molecule has 0 saturated heterocycles. The van der Waals surface area contributed by atoms with Gasteiger partial charge in [-0.1, -0.05) is 50.2 Å². The molecule has 11 nitrogen and oxygen atoms in total. The van der Waals surface area contributed by atoms with Crippen LogP contribution in [0.15, 0.2) is 60.7 Å². The molecule has 1 unspecified atom stereocenters. The van der Waals surface area contributed by atoms with Crippen molar-refractivity contribution in [2.75, 3.05) is 20.2 Å². The first-order valence-corrected chi connectivity index (χ1v) is 13.6. The molecule has 0 aromatic heterocycles. The van der Waals surface area contributed by atoms with Crippen LogP contribution in [0, 0.1) is 5.92 Å². The zero-order chi connectivity index (χ0) is 32.1. The summed E-state index contributed by atoms with van der Waals surface area (Å²) in [5.74, 6) is -2.51. The van der Waals surface area contributed by atoms with Crippen LogP contribution >= 0.6 is 0 Å². The molecule has 0 aliphatic heterocycles. The van der Waals surface area contributed by atoms with Crippen molar-refractivity contribution < 1.29 is 38.6 Å². The Morgan fingerprint density at radius 2 is 1.49 bits per heavy atom. The molecule has 0 spiro atoms. The van der Waals surface area contributed by atoms with E-state index < -0.39 is 29.6 Å². The van der Waals surface area contributed by atoms with E-state index in [1.807, 2.05) is 30.3 Å². The van der Waals surface area contributed by atoms with Gasteiger partial charge in [0.05, 0.1) is 26.6 Å². The van der Waals surface area contributed by atoms with E-state index in [0.29, 0.717) is 22.4 Å². The van der Waals surface area contributed by atoms with E-state index in [2.05, 4.69) is 16.0 Å². The number of carbonyl (C=O) groups is 6. The van der Waals surface area contributed by atoms with Gasteiger partial charge in [-0.15, -0.1) is 0 Å². The number of methoxy groups -OCH3 is 1. The van der Waals surface area contributed by atoms with Gasteiger partial charge in [-0.2, -0.15) is 0 Å². The van der Waals surface area contributed by atoms with Crippen LogP contribution in [-0.4, -0.2) is 66.6 Å². The van der Waals surface area contributed by atoms with Crippen molar-refractivity contribution >= 4 is 46.0 Å². The van der Waals surface area contributed by atoms with Gasteiger partial charge in [-0.05, 0) is 47.9 Å². The second-order valence-electron chi connectivity index (χ2n) is 10.0. The molecule has 4 N–H and O–H groups in total. The average molecular weight is 592 g/mol. The number of ketones is 2. The molecular weight excluding hydrogens is 554 g/mol. The van der Waals surface area contributed by atoms with E-state index in [1.165, 1.54) is 14.0 Å². The summed E-state index contributed by atoms with van der Waals surface area (Å²) in [6, 6.07) is 16.8. The van der Waals surface area contributed by atoms with Crippen molar-refractivity contribution in [3.05, 3.63) is 77.4 Å². The number of hydrogen-bond acceptors (Lipinski definition) is 7. The predicted octanol–water partition coefficient (Wildman–Crippen LogP) is 2.94. The van der Waals surface area contributed by atoms with E-state index in [-0.39, 0.29) is 37.1 Å². The number of fused-ring (bicyclic) bond motifs is 1. The Hall–Kier alpha value is -5.06. The molecule has 3 amide bonds. The van der Waals surface area contributed by atoms with Gasteiger partial charge in [-0.25, -0.2) is 0 Å². The van der Waals surface area contributed by atoms with Crippen LogP contribution < -0.4 is 20.7 Å². The van der Waals surface area contributed by atoms with Crippen LogP contribution in [0.1, 0.15) is 54.0 Å². The Morgan fingerprint density at radius 3 is 2.12 bits per heavy atom. The van der Waals surface area contributed by atoms with Crippen LogP contribution in [0.4, 0.5) is 0 Å². The molecule has 0 aliphatic rings. The molecule has 228 valence electrons. The normalized spacial score (nSPS) is 11.0. The third-order valence-corrected chi connectivity index (χ3v) is 6.24. The summed E-state index contributed by atoms with van der Waals surface area (Å²) in [6.07, 6.45) is -0.0973. The third-order valence-electron chi connectivity index (χ3n) is 6.24. The number of carboxylic acids is 1. The van der Waals surface area contributed by atoms with Gasteiger partial charge >= 0.3 is 0 Å². The molecule has 0 saturated carbocycles. The molecule has 3 rings (SSSR count). The monoisotopic (exact) mass is 591 g/mol. The maximum atomic E-state index is 12.8. The van der Waals surface area contributed by atoms with Crippen LogP contribution in [0.5, 0.6) is 5.75 Å². The number of rotatable bonds is 12. The van der Waals surface area contributed by atoms with Crippen LogP contribution in [0.25, 0.3) is 10.8 Å². The molecule has 3 aromatic rings. The maximum Gasteiger partial charge on any atom is 0.300 e. The van der Waals surface area contributed by atoms with Crippen LogP contribution in [0.2, 0.25) is 0 Å². The third kappa shape index (κ3) is 10.7. The highest BCUT2D eigenvalue weighted by molar-refractivity contribution is 6.08. The number of carboxylic acid groups (broad SMARTS) is 1. The molecule has 0 fully saturated rings. The van der Waals surface area contributed by atoms with Gasteiger partial charge in [0.2, 0.25) is 11.8 Å². The van der Waals surface area contributed by atoms with Crippen molar-refractivity contribution in [2.24, 2.45) is 5.92 Å². The lowest BCUT2D eigenvalue weighted by molar-refractivity contribution is -0.134. The topological polar surface area (TPSA) is 168 Å². The highest BCUT2D eigenvalue weighted by atomic mass is 16.5. The van der Waals surface area contributed by atoms with Gasteiger partial charge in [0.25, 0.3) is 11.9 Å². The Kier molecular flexibility index (Phi) is 13.0. The van der Waals surface area contributed by atoms with E-state index in [4.69, 9.17) is 14.6 Å². The first-order chi connectivity index (χ1) is 20.3. The summed E-state index contributed by atoms with van der Waals surface area (Å²) >= 11 is 0. The molecular formula is C32H37N3O8. The fourth-order valence-corrected chi connectivity index (χ4v) is 4.12. The Balaban J connectivity index is 0.00000151. The summed E-state index contributed by atoms with van der Waals surface area (Å²) < 4.78 is 5.30. The number of amides is 3. The zero-order valence-electron chi connectivity index (χ0n) is 24.9. The molecule has 11 heteroatoms. The minimum atomic E-state index is -0.891. The van der Waals surface area contributed by atoms with Crippen molar-refractivity contribution in [3.8, 4) is 5.75 Å². The summed E-state index contributed by atoms with van der Waals surface area (Å²) in [4.78, 5) is 71.4. The van der Waals surface area contributed by atoms with Gasteiger partial charge in [0, 0.05) is 23.6 Å². The predicted molar refractivity (Wildman–Crippen MR) is 161 cm³/mol. The van der Waals surface area contributed by atoms with Crippen molar-refractivity contribution in [3.63, 3.8) is 0 Å². The smallest absolute Gasteiger partial charge is 0.300 e. The Morgan fingerprint density at radius 1 is 0.860 bits per heavy atom. The minimum absolute atomic E-state index is 0.0973. The second kappa shape index (κ2) is 16.4. The highest BCUT2D eigenvalue weighted by Gasteiger charge is 2.25. The first-order valence-electron chi connectivity index (χ1n) is 13.6. The lowest BCUT2D eigenvalue weighted by Gasteiger charge is -2.22. The van der Waals surface area contributed by atoms with E-state index in [1.54, 1.807) is 44.2 Å². The van der Waals surface area contributed by atoms with E-state index >= 15 is 0 Å². The molecule has 3 aromatic carbocycles. The van der Waals surface area contributed by atoms with Gasteiger partial charge in [0.1, 0.15) is 11.8 Å². The van der Waals surface area contributed by atoms with Gasteiger partial charge in [0.15, 0.2) is 11.6 Å². The Bertz CT molecular complexity index is 1490. The standard InChI is InChI=1S/C30H33N3O6.C2H4O2/c1-18(2)28(33-27(36)15-22-14-21(19(3)34)12-13-26(22)39-4)30(38)32-17-23(35)16-31-29(37)25-11-7-9-20-8-5-6-10-24(20)25;1-2(3)4/h5-14,18,28H,15-17H2,1-4H3,(H,31,37)(H,32,38)(H,33,36);1H3,(H,3,4). The minimum Gasteiger partial charge on any atom is -0.496 e. The summed E-state index contributed by atoms with van der Waals surface area (Å²) in [7, 11) is 1.47. The number of benzene rings is 3. The molecule has 0 aliphatic carbocycles. The van der Waals surface area contributed by atoms with E-state index in [0.717, 1.165) is 17.7 Å². The summed E-state index contributed by atoms with van der Waals surface area (Å²) in [5.41, 5.74) is 1.42. The fourth-order valence-electron chi connectivity index (χ4n) is 4.12. The van der Waals surface area contributed by atoms with Gasteiger partial charge < -0.3 is 25.8 Å². The zero-order valence-corrected chi connectivity index (χ0v) is 24.9. The first kappa shape index (κ1) is 34.1. The molecule has 0 heterocycles. The van der Waals surface area contributed by atoms with Crippen molar-refractivity contribution in [1.82, 2.24) is 16.0 Å². The molecule has 0 bridgehead atoms. The lowest BCUT2D eigenvalue weighted by atomic mass is 10.0. The Labute approximate surface area is 250 Å². The fraction of sp³-hybridized carbons (Fsp3) is 0.312. The molecule has 1 atom stereocenters. The van der Waals surface area contributed by atoms with Crippen molar-refractivity contribution in [1.29, 1.82) is 0 Å². The second-order valence-corrected chi connectivity index (χ2v) is 10.0. The number of nitrogens with one attached hydrogen (secondary N) is 3. The lowest BCUT2D eigenvalue weighted by Crippen LogP contribution is -2.51.